The molecule has 3 nitrogen and oxygen atoms in total. The zero-order chi connectivity index (χ0) is 15.0. The summed E-state index contributed by atoms with van der Waals surface area (Å²) in [6.07, 6.45) is 1.53. The first-order valence-corrected chi connectivity index (χ1v) is 9.14. The maximum Gasteiger partial charge on any atom is 0.253 e. The van der Waals surface area contributed by atoms with Gasteiger partial charge in [-0.2, -0.15) is 4.31 Å². The van der Waals surface area contributed by atoms with Crippen molar-refractivity contribution in [3.05, 3.63) is 52.1 Å². The number of hydrogen-bond acceptors (Lipinski definition) is 3. The molecule has 7 heteroatoms. The zero-order valence-electron chi connectivity index (χ0n) is 11.0. The Morgan fingerprint density at radius 2 is 1.90 bits per heavy atom. The van der Waals surface area contributed by atoms with Crippen LogP contribution in [0.3, 0.4) is 0 Å². The summed E-state index contributed by atoms with van der Waals surface area (Å²) < 4.78 is 40.6. The van der Waals surface area contributed by atoms with Crippen LogP contribution in [0.4, 0.5) is 4.39 Å². The molecule has 1 atom stereocenters. The van der Waals surface area contributed by atoms with E-state index >= 15 is 0 Å². The highest BCUT2D eigenvalue weighted by molar-refractivity contribution is 7.91. The Morgan fingerprint density at radius 1 is 1.19 bits per heavy atom. The average Bonchev–Trinajstić information content (AvgIpc) is 3.08. The molecular weight excluding hydrogens is 333 g/mol. The minimum atomic E-state index is -3.55. The largest absolute Gasteiger partial charge is 0.253 e. The smallest absolute Gasteiger partial charge is 0.207 e. The molecule has 0 radical (unpaired) electrons. The van der Waals surface area contributed by atoms with Crippen LogP contribution in [-0.2, 0) is 10.0 Å². The minimum absolute atomic E-state index is 0.239. The third-order valence-electron chi connectivity index (χ3n) is 3.57. The highest BCUT2D eigenvalue weighted by atomic mass is 35.5. The molecule has 0 spiro atoms. The van der Waals surface area contributed by atoms with E-state index in [0.29, 0.717) is 10.9 Å². The van der Waals surface area contributed by atoms with E-state index in [2.05, 4.69) is 0 Å². The van der Waals surface area contributed by atoms with E-state index in [1.165, 1.54) is 22.5 Å². The van der Waals surface area contributed by atoms with Crippen LogP contribution in [0.15, 0.2) is 40.6 Å². The minimum Gasteiger partial charge on any atom is -0.207 e. The summed E-state index contributed by atoms with van der Waals surface area (Å²) in [7, 11) is -3.55. The van der Waals surface area contributed by atoms with Gasteiger partial charge in [0.2, 0.25) is 0 Å². The molecule has 0 amide bonds. The second-order valence-corrected chi connectivity index (χ2v) is 8.72. The van der Waals surface area contributed by atoms with Crippen LogP contribution < -0.4 is 0 Å². The molecule has 0 aliphatic carbocycles. The standard InChI is InChI=1S/C14H13ClFNO2S2/c15-13-7-8-14(20-13)21(18,19)17-9-1-2-12(17)10-3-5-11(16)6-4-10/h3-8,12H,1-2,9H2. The van der Waals surface area contributed by atoms with Crippen molar-refractivity contribution in [3.8, 4) is 0 Å². The molecule has 1 aromatic heterocycles. The number of halogens is 2. The van der Waals surface area contributed by atoms with Crippen LogP contribution in [-0.4, -0.2) is 19.3 Å². The van der Waals surface area contributed by atoms with E-state index in [9.17, 15) is 12.8 Å². The molecule has 2 aromatic rings. The van der Waals surface area contributed by atoms with Gasteiger partial charge in [0, 0.05) is 6.54 Å². The number of rotatable bonds is 3. The first kappa shape index (κ1) is 15.0. The first-order chi connectivity index (χ1) is 9.98. The van der Waals surface area contributed by atoms with Gasteiger partial charge in [-0.15, -0.1) is 11.3 Å². The molecule has 0 bridgehead atoms. The number of hydrogen-bond donors (Lipinski definition) is 0. The van der Waals surface area contributed by atoms with Crippen molar-refractivity contribution in [2.45, 2.75) is 23.1 Å². The fourth-order valence-electron chi connectivity index (χ4n) is 2.60. The molecular formula is C14H13ClFNO2S2. The molecule has 1 unspecified atom stereocenters. The lowest BCUT2D eigenvalue weighted by Gasteiger charge is -2.23. The van der Waals surface area contributed by atoms with E-state index in [-0.39, 0.29) is 16.1 Å². The Balaban J connectivity index is 1.95. The average molecular weight is 346 g/mol. The maximum absolute atomic E-state index is 13.0. The van der Waals surface area contributed by atoms with E-state index < -0.39 is 10.0 Å². The lowest BCUT2D eigenvalue weighted by molar-refractivity contribution is 0.397. The molecule has 1 aromatic carbocycles. The third-order valence-corrected chi connectivity index (χ3v) is 7.18. The van der Waals surface area contributed by atoms with Crippen molar-refractivity contribution in [1.29, 1.82) is 0 Å². The lowest BCUT2D eigenvalue weighted by Crippen LogP contribution is -2.30. The molecule has 21 heavy (non-hydrogen) atoms. The number of sulfonamides is 1. The van der Waals surface area contributed by atoms with Gasteiger partial charge in [0.25, 0.3) is 10.0 Å². The topological polar surface area (TPSA) is 37.4 Å². The fourth-order valence-corrected chi connectivity index (χ4v) is 5.89. The normalized spacial score (nSPS) is 20.0. The molecule has 1 saturated heterocycles. The Bertz CT molecular complexity index is 743. The van der Waals surface area contributed by atoms with Crippen molar-refractivity contribution in [2.24, 2.45) is 0 Å². The highest BCUT2D eigenvalue weighted by Gasteiger charge is 2.36. The SMILES string of the molecule is O=S(=O)(c1ccc(Cl)s1)N1CCCC1c1ccc(F)cc1. The molecule has 112 valence electrons. The third kappa shape index (κ3) is 2.85. The summed E-state index contributed by atoms with van der Waals surface area (Å²) in [6.45, 7) is 0.472. The van der Waals surface area contributed by atoms with Crippen LogP contribution in [0, 0.1) is 5.82 Å². The Morgan fingerprint density at radius 3 is 2.52 bits per heavy atom. The molecule has 1 aliphatic rings. The van der Waals surface area contributed by atoms with Gasteiger partial charge in [-0.25, -0.2) is 12.8 Å². The predicted molar refractivity (Wildman–Crippen MR) is 81.6 cm³/mol. The fraction of sp³-hybridized carbons (Fsp3) is 0.286. The van der Waals surface area contributed by atoms with Gasteiger partial charge in [-0.1, -0.05) is 23.7 Å². The Hall–Kier alpha value is -0.950. The molecule has 1 aliphatic heterocycles. The van der Waals surface area contributed by atoms with Crippen molar-refractivity contribution in [1.82, 2.24) is 4.31 Å². The van der Waals surface area contributed by atoms with E-state index in [1.807, 2.05) is 0 Å². The van der Waals surface area contributed by atoms with Gasteiger partial charge in [0.15, 0.2) is 0 Å². The summed E-state index contributed by atoms with van der Waals surface area (Å²) >= 11 is 6.89. The second-order valence-electron chi connectivity index (χ2n) is 4.88. The zero-order valence-corrected chi connectivity index (χ0v) is 13.4. The van der Waals surface area contributed by atoms with Gasteiger partial charge in [-0.3, -0.25) is 0 Å². The summed E-state index contributed by atoms with van der Waals surface area (Å²) in [5.41, 5.74) is 0.820. The predicted octanol–water partition coefficient (Wildman–Crippen LogP) is 4.07. The van der Waals surface area contributed by atoms with Gasteiger partial charge in [-0.05, 0) is 42.7 Å². The van der Waals surface area contributed by atoms with Crippen LogP contribution in [0.25, 0.3) is 0 Å². The summed E-state index contributed by atoms with van der Waals surface area (Å²) in [5, 5.41) is 0. The Kier molecular flexibility index (Phi) is 4.05. The quantitative estimate of drug-likeness (QED) is 0.841. The molecule has 2 heterocycles. The number of benzene rings is 1. The monoisotopic (exact) mass is 345 g/mol. The molecule has 0 saturated carbocycles. The van der Waals surface area contributed by atoms with Crippen LogP contribution in [0.2, 0.25) is 4.34 Å². The van der Waals surface area contributed by atoms with E-state index in [1.54, 1.807) is 18.2 Å². The highest BCUT2D eigenvalue weighted by Crippen LogP contribution is 2.38. The van der Waals surface area contributed by atoms with Crippen LogP contribution in [0.1, 0.15) is 24.4 Å². The summed E-state index contributed by atoms with van der Waals surface area (Å²) in [5.74, 6) is -0.323. The summed E-state index contributed by atoms with van der Waals surface area (Å²) in [4.78, 5) is 0. The Labute approximate surface area is 132 Å². The van der Waals surface area contributed by atoms with Gasteiger partial charge in [0.1, 0.15) is 10.0 Å². The van der Waals surface area contributed by atoms with Crippen molar-refractivity contribution < 1.29 is 12.8 Å². The first-order valence-electron chi connectivity index (χ1n) is 6.51. The molecule has 0 N–H and O–H groups in total. The van der Waals surface area contributed by atoms with Gasteiger partial charge in [0.05, 0.1) is 10.4 Å². The lowest BCUT2D eigenvalue weighted by atomic mass is 10.1. The van der Waals surface area contributed by atoms with Gasteiger partial charge >= 0.3 is 0 Å². The molecule has 1 fully saturated rings. The second kappa shape index (κ2) is 5.68. The van der Waals surface area contributed by atoms with Crippen LogP contribution in [0.5, 0.6) is 0 Å². The van der Waals surface area contributed by atoms with Crippen molar-refractivity contribution in [2.75, 3.05) is 6.54 Å². The van der Waals surface area contributed by atoms with E-state index in [4.69, 9.17) is 11.6 Å². The van der Waals surface area contributed by atoms with Gasteiger partial charge < -0.3 is 0 Å². The van der Waals surface area contributed by atoms with Crippen molar-refractivity contribution >= 4 is 33.0 Å². The number of nitrogens with zero attached hydrogens (tertiary/aromatic N) is 1. The van der Waals surface area contributed by atoms with E-state index in [0.717, 1.165) is 29.7 Å². The maximum atomic E-state index is 13.0. The number of thiophene rings is 1. The van der Waals surface area contributed by atoms with Crippen LogP contribution >= 0.6 is 22.9 Å². The summed E-state index contributed by atoms with van der Waals surface area (Å²) in [6, 6.07) is 8.90. The molecule has 3 rings (SSSR count). The van der Waals surface area contributed by atoms with Crippen molar-refractivity contribution in [3.63, 3.8) is 0 Å².